The van der Waals surface area contributed by atoms with E-state index >= 15 is 0 Å². The van der Waals surface area contributed by atoms with Gasteiger partial charge >= 0.3 is 0 Å². The van der Waals surface area contributed by atoms with Gasteiger partial charge in [0.05, 0.1) is 11.4 Å². The van der Waals surface area contributed by atoms with Gasteiger partial charge in [-0.15, -0.1) is 0 Å². The third kappa shape index (κ3) is 4.36. The SMILES string of the molecule is Cc1noc(COc2ccc3c(c2)CC(c2ccc(C(=O)Nc4ccc5c(c4)CC=C5)cc2)=N3)n1. The summed E-state index contributed by atoms with van der Waals surface area (Å²) in [5, 5.41) is 6.77. The van der Waals surface area contributed by atoms with E-state index in [2.05, 4.69) is 27.6 Å². The molecule has 1 aliphatic carbocycles. The third-order valence-corrected chi connectivity index (χ3v) is 6.11. The molecule has 172 valence electrons. The molecule has 1 N–H and O–H groups in total. The monoisotopic (exact) mass is 462 g/mol. The first-order valence-corrected chi connectivity index (χ1v) is 11.4. The van der Waals surface area contributed by atoms with Crippen molar-refractivity contribution in [2.75, 3.05) is 5.32 Å². The van der Waals surface area contributed by atoms with Crippen LogP contribution >= 0.6 is 0 Å². The van der Waals surface area contributed by atoms with E-state index in [9.17, 15) is 4.79 Å². The van der Waals surface area contributed by atoms with E-state index in [0.717, 1.165) is 40.4 Å². The first-order chi connectivity index (χ1) is 17.1. The molecule has 35 heavy (non-hydrogen) atoms. The van der Waals surface area contributed by atoms with Crippen molar-refractivity contribution in [3.05, 3.63) is 106 Å². The lowest BCUT2D eigenvalue weighted by atomic mass is 10.0. The fourth-order valence-electron chi connectivity index (χ4n) is 4.33. The first-order valence-electron chi connectivity index (χ1n) is 11.4. The normalized spacial score (nSPS) is 13.3. The number of anilines is 1. The summed E-state index contributed by atoms with van der Waals surface area (Å²) in [6, 6.07) is 19.4. The highest BCUT2D eigenvalue weighted by Crippen LogP contribution is 2.32. The number of nitrogens with zero attached hydrogens (tertiary/aromatic N) is 3. The number of hydrogen-bond donors (Lipinski definition) is 1. The molecule has 0 saturated carbocycles. The zero-order valence-electron chi connectivity index (χ0n) is 19.1. The maximum atomic E-state index is 12.7. The van der Waals surface area contributed by atoms with Crippen molar-refractivity contribution in [2.24, 2.45) is 4.99 Å². The second kappa shape index (κ2) is 8.68. The average molecular weight is 463 g/mol. The van der Waals surface area contributed by atoms with Gasteiger partial charge in [-0.25, -0.2) is 0 Å². The molecule has 0 saturated heterocycles. The molecule has 6 rings (SSSR count). The van der Waals surface area contributed by atoms with Crippen LogP contribution in [-0.2, 0) is 19.4 Å². The van der Waals surface area contributed by atoms with Crippen molar-refractivity contribution in [1.29, 1.82) is 0 Å². The number of hydrogen-bond acceptors (Lipinski definition) is 6. The Bertz CT molecular complexity index is 1500. The molecule has 0 atom stereocenters. The molecule has 2 heterocycles. The second-order valence-electron chi connectivity index (χ2n) is 8.60. The van der Waals surface area contributed by atoms with Crippen LogP contribution in [0.25, 0.3) is 6.08 Å². The summed E-state index contributed by atoms with van der Waals surface area (Å²) < 4.78 is 10.9. The van der Waals surface area contributed by atoms with E-state index in [1.165, 1.54) is 11.1 Å². The Kier molecular flexibility index (Phi) is 5.22. The molecule has 0 unspecified atom stereocenters. The Hall–Kier alpha value is -4.52. The molecule has 0 bridgehead atoms. The molecular formula is C28H22N4O3. The van der Waals surface area contributed by atoms with Crippen LogP contribution < -0.4 is 10.1 Å². The number of aliphatic imine (C=N–C) groups is 1. The number of carbonyl (C=O) groups excluding carboxylic acids is 1. The minimum Gasteiger partial charge on any atom is -0.484 e. The van der Waals surface area contributed by atoms with Crippen LogP contribution in [0, 0.1) is 6.92 Å². The van der Waals surface area contributed by atoms with Crippen molar-refractivity contribution in [3.8, 4) is 5.75 Å². The molecule has 4 aromatic rings. The summed E-state index contributed by atoms with van der Waals surface area (Å²) in [6.45, 7) is 1.99. The summed E-state index contributed by atoms with van der Waals surface area (Å²) in [5.41, 5.74) is 7.83. The molecule has 1 aliphatic heterocycles. The first kappa shape index (κ1) is 21.0. The van der Waals surface area contributed by atoms with E-state index in [1.807, 2.05) is 60.7 Å². The van der Waals surface area contributed by atoms with Gasteiger partial charge in [0.1, 0.15) is 5.75 Å². The quantitative estimate of drug-likeness (QED) is 0.411. The zero-order chi connectivity index (χ0) is 23.8. The number of rotatable bonds is 6. The third-order valence-electron chi connectivity index (χ3n) is 6.11. The number of aromatic nitrogens is 2. The van der Waals surface area contributed by atoms with Gasteiger partial charge in [0.2, 0.25) is 0 Å². The molecule has 0 spiro atoms. The molecule has 3 aromatic carbocycles. The summed E-state index contributed by atoms with van der Waals surface area (Å²) >= 11 is 0. The van der Waals surface area contributed by atoms with E-state index in [0.29, 0.717) is 23.7 Å². The number of amides is 1. The predicted octanol–water partition coefficient (Wildman–Crippen LogP) is 5.46. The topological polar surface area (TPSA) is 89.6 Å². The Morgan fingerprint density at radius 3 is 2.77 bits per heavy atom. The van der Waals surface area contributed by atoms with Gasteiger partial charge < -0.3 is 14.6 Å². The molecule has 0 radical (unpaired) electrons. The Labute approximate surface area is 202 Å². The van der Waals surface area contributed by atoms with E-state index < -0.39 is 0 Å². The minimum absolute atomic E-state index is 0.127. The molecule has 2 aliphatic rings. The van der Waals surface area contributed by atoms with E-state index in [4.69, 9.17) is 14.3 Å². The zero-order valence-corrected chi connectivity index (χ0v) is 19.1. The van der Waals surface area contributed by atoms with Gasteiger partial charge in [-0.05, 0) is 78.1 Å². The lowest BCUT2D eigenvalue weighted by Gasteiger charge is -2.08. The smallest absolute Gasteiger partial charge is 0.264 e. The lowest BCUT2D eigenvalue weighted by molar-refractivity contribution is 0.102. The summed E-state index contributed by atoms with van der Waals surface area (Å²) in [5.74, 6) is 1.62. The highest BCUT2D eigenvalue weighted by atomic mass is 16.5. The number of ether oxygens (including phenoxy) is 1. The minimum atomic E-state index is -0.127. The van der Waals surface area contributed by atoms with Crippen LogP contribution in [0.15, 0.2) is 76.3 Å². The van der Waals surface area contributed by atoms with Crippen LogP contribution in [0.5, 0.6) is 5.75 Å². The largest absolute Gasteiger partial charge is 0.484 e. The maximum Gasteiger partial charge on any atom is 0.264 e. The molecular weight excluding hydrogens is 440 g/mol. The number of benzene rings is 3. The van der Waals surface area contributed by atoms with Crippen molar-refractivity contribution < 1.29 is 14.1 Å². The number of aryl methyl sites for hydroxylation is 1. The Morgan fingerprint density at radius 2 is 1.94 bits per heavy atom. The molecule has 7 heteroatoms. The summed E-state index contributed by atoms with van der Waals surface area (Å²) in [4.78, 5) is 21.7. The van der Waals surface area contributed by atoms with E-state index in [1.54, 1.807) is 6.92 Å². The van der Waals surface area contributed by atoms with Crippen molar-refractivity contribution in [1.82, 2.24) is 10.1 Å². The molecule has 1 amide bonds. The van der Waals surface area contributed by atoms with Crippen LogP contribution in [0.1, 0.15) is 44.3 Å². The molecule has 7 nitrogen and oxygen atoms in total. The van der Waals surface area contributed by atoms with Crippen molar-refractivity contribution in [3.63, 3.8) is 0 Å². The van der Waals surface area contributed by atoms with Gasteiger partial charge in [-0.3, -0.25) is 9.79 Å². The Morgan fingerprint density at radius 1 is 1.06 bits per heavy atom. The number of nitrogens with one attached hydrogen (secondary N) is 1. The predicted molar refractivity (Wildman–Crippen MR) is 133 cm³/mol. The molecule has 1 aromatic heterocycles. The fraction of sp³-hybridized carbons (Fsp3) is 0.143. The van der Waals surface area contributed by atoms with Crippen LogP contribution in [0.4, 0.5) is 11.4 Å². The number of fused-ring (bicyclic) bond motifs is 2. The van der Waals surface area contributed by atoms with Gasteiger partial charge in [0.15, 0.2) is 12.4 Å². The summed E-state index contributed by atoms with van der Waals surface area (Å²) in [6.07, 6.45) is 5.84. The van der Waals surface area contributed by atoms with Gasteiger partial charge in [-0.1, -0.05) is 35.5 Å². The van der Waals surface area contributed by atoms with Crippen molar-refractivity contribution >= 4 is 29.1 Å². The van der Waals surface area contributed by atoms with Crippen LogP contribution in [-0.4, -0.2) is 21.8 Å². The maximum absolute atomic E-state index is 12.7. The highest BCUT2D eigenvalue weighted by Gasteiger charge is 2.18. The number of carbonyl (C=O) groups is 1. The summed E-state index contributed by atoms with van der Waals surface area (Å²) in [7, 11) is 0. The van der Waals surface area contributed by atoms with Crippen molar-refractivity contribution in [2.45, 2.75) is 26.4 Å². The lowest BCUT2D eigenvalue weighted by Crippen LogP contribution is -2.12. The highest BCUT2D eigenvalue weighted by molar-refractivity contribution is 6.08. The average Bonchev–Trinajstić information content (AvgIpc) is 3.61. The fourth-order valence-corrected chi connectivity index (χ4v) is 4.33. The second-order valence-corrected chi connectivity index (χ2v) is 8.60. The van der Waals surface area contributed by atoms with Crippen LogP contribution in [0.3, 0.4) is 0 Å². The number of allylic oxidation sites excluding steroid dienone is 1. The van der Waals surface area contributed by atoms with Gasteiger partial charge in [0, 0.05) is 17.7 Å². The van der Waals surface area contributed by atoms with Gasteiger partial charge in [0.25, 0.3) is 11.8 Å². The standard InChI is InChI=1S/C28H22N4O3/c1-17-29-27(35-32-17)16-34-24-11-12-25-22(14-24)15-26(31-25)19-5-7-20(8-6-19)28(33)30-23-10-9-18-3-2-4-21(18)13-23/h2-3,5-14H,4,15-16H2,1H3,(H,30,33). The van der Waals surface area contributed by atoms with Gasteiger partial charge in [-0.2, -0.15) is 4.98 Å². The van der Waals surface area contributed by atoms with Crippen LogP contribution in [0.2, 0.25) is 0 Å². The Balaban J connectivity index is 1.10. The van der Waals surface area contributed by atoms with E-state index in [-0.39, 0.29) is 12.5 Å². The molecule has 0 fully saturated rings.